The standard InChI is InChI=1S/C15H12NTe/c16-15(17)14-10-8-13(9-11-14)7-6-12-4-2-1-3-5-12/h2-5,8-11,15,17H,16H2. The van der Waals surface area contributed by atoms with Crippen molar-refractivity contribution in [1.29, 1.82) is 0 Å². The summed E-state index contributed by atoms with van der Waals surface area (Å²) in [6.07, 6.45) is 0. The summed E-state index contributed by atoms with van der Waals surface area (Å²) in [6.45, 7) is 0. The molecule has 0 fully saturated rings. The molecular weight excluding hydrogens is 322 g/mol. The molecular formula is C15H12NTe. The molecule has 0 heterocycles. The molecule has 1 radical (unpaired) electrons. The van der Waals surface area contributed by atoms with Gasteiger partial charge in [0.25, 0.3) is 0 Å². The molecule has 1 atom stereocenters. The normalized spacial score (nSPS) is 11.4. The van der Waals surface area contributed by atoms with Gasteiger partial charge in [-0.15, -0.1) is 0 Å². The van der Waals surface area contributed by atoms with Gasteiger partial charge >= 0.3 is 115 Å². The third kappa shape index (κ3) is 3.62. The van der Waals surface area contributed by atoms with Crippen LogP contribution in [0, 0.1) is 17.9 Å². The van der Waals surface area contributed by atoms with Crippen molar-refractivity contribution in [1.82, 2.24) is 0 Å². The van der Waals surface area contributed by atoms with E-state index in [1.54, 1.807) is 22.3 Å². The van der Waals surface area contributed by atoms with E-state index in [0.717, 1.165) is 16.7 Å². The van der Waals surface area contributed by atoms with Crippen LogP contribution in [0.15, 0.2) is 48.5 Å². The molecule has 17 heavy (non-hydrogen) atoms. The van der Waals surface area contributed by atoms with Crippen LogP contribution in [-0.2, 0) is 0 Å². The number of rotatable bonds is 1. The van der Waals surface area contributed by atoms with E-state index in [-0.39, 0.29) is 4.09 Å². The second-order valence-corrected chi connectivity index (χ2v) is 5.19. The molecule has 0 spiro atoms. The number of hydrogen-bond donors (Lipinski definition) is 1. The van der Waals surface area contributed by atoms with Gasteiger partial charge in [-0.1, -0.05) is 0 Å². The summed E-state index contributed by atoms with van der Waals surface area (Å²) in [5.74, 6) is 6.24. The zero-order valence-electron chi connectivity index (χ0n) is 9.22. The Kier molecular flexibility index (Phi) is 4.23. The zero-order valence-corrected chi connectivity index (χ0v) is 11.8. The summed E-state index contributed by atoms with van der Waals surface area (Å²) in [6, 6.07) is 18.7. The van der Waals surface area contributed by atoms with Crippen molar-refractivity contribution in [2.24, 2.45) is 5.73 Å². The van der Waals surface area contributed by atoms with Gasteiger partial charge in [0.15, 0.2) is 0 Å². The van der Waals surface area contributed by atoms with Crippen LogP contribution in [0.3, 0.4) is 0 Å². The average molecular weight is 334 g/mol. The van der Waals surface area contributed by atoms with E-state index in [2.05, 4.69) is 17.9 Å². The van der Waals surface area contributed by atoms with Crippen molar-refractivity contribution >= 4 is 22.3 Å². The minimum absolute atomic E-state index is 0.121. The van der Waals surface area contributed by atoms with E-state index < -0.39 is 0 Å². The van der Waals surface area contributed by atoms with Crippen LogP contribution >= 0.6 is 0 Å². The predicted octanol–water partition coefficient (Wildman–Crippen LogP) is 1.74. The zero-order chi connectivity index (χ0) is 12.1. The van der Waals surface area contributed by atoms with E-state index in [1.807, 2.05) is 48.5 Å². The molecule has 0 amide bonds. The van der Waals surface area contributed by atoms with Crippen LogP contribution in [-0.4, -0.2) is 22.3 Å². The van der Waals surface area contributed by atoms with E-state index in [1.165, 1.54) is 0 Å². The molecule has 0 saturated carbocycles. The Balaban J connectivity index is 2.17. The Morgan fingerprint density at radius 3 is 2.00 bits per heavy atom. The van der Waals surface area contributed by atoms with E-state index in [9.17, 15) is 0 Å². The Morgan fingerprint density at radius 2 is 1.47 bits per heavy atom. The maximum absolute atomic E-state index is 5.81. The van der Waals surface area contributed by atoms with Gasteiger partial charge in [0.05, 0.1) is 0 Å². The molecule has 0 saturated heterocycles. The van der Waals surface area contributed by atoms with Crippen LogP contribution in [0.5, 0.6) is 0 Å². The fourth-order valence-corrected chi connectivity index (χ4v) is 1.87. The summed E-state index contributed by atoms with van der Waals surface area (Å²) in [7, 11) is 0. The fourth-order valence-electron chi connectivity index (χ4n) is 1.38. The van der Waals surface area contributed by atoms with Gasteiger partial charge in [0.2, 0.25) is 0 Å². The summed E-state index contributed by atoms with van der Waals surface area (Å²) < 4.78 is 0.121. The third-order valence-corrected chi connectivity index (χ3v) is 3.17. The van der Waals surface area contributed by atoms with Gasteiger partial charge < -0.3 is 0 Å². The van der Waals surface area contributed by atoms with Crippen molar-refractivity contribution < 1.29 is 0 Å². The molecule has 0 aliphatic rings. The van der Waals surface area contributed by atoms with Gasteiger partial charge in [-0.2, -0.15) is 0 Å². The molecule has 83 valence electrons. The van der Waals surface area contributed by atoms with Crippen molar-refractivity contribution in [3.05, 3.63) is 71.3 Å². The number of benzene rings is 2. The fraction of sp³-hybridized carbons (Fsp3) is 0.0667. The molecule has 1 nitrogen and oxygen atoms in total. The van der Waals surface area contributed by atoms with E-state index in [0.29, 0.717) is 0 Å². The van der Waals surface area contributed by atoms with E-state index >= 15 is 0 Å². The van der Waals surface area contributed by atoms with E-state index in [4.69, 9.17) is 5.73 Å². The second-order valence-electron chi connectivity index (χ2n) is 3.61. The number of nitrogens with two attached hydrogens (primary N) is 1. The van der Waals surface area contributed by atoms with Crippen molar-refractivity contribution in [3.8, 4) is 11.8 Å². The van der Waals surface area contributed by atoms with Gasteiger partial charge in [-0.3, -0.25) is 0 Å². The molecule has 2 heteroatoms. The summed E-state index contributed by atoms with van der Waals surface area (Å²) in [4.78, 5) is 0. The van der Waals surface area contributed by atoms with Crippen LogP contribution in [0.25, 0.3) is 0 Å². The van der Waals surface area contributed by atoms with Gasteiger partial charge in [-0.05, 0) is 0 Å². The molecule has 2 N–H and O–H groups in total. The monoisotopic (exact) mass is 336 g/mol. The Labute approximate surface area is 115 Å². The average Bonchev–Trinajstić information content (AvgIpc) is 2.38. The quantitative estimate of drug-likeness (QED) is 0.624. The molecule has 2 aromatic carbocycles. The first-order valence-corrected chi connectivity index (χ1v) is 6.75. The molecule has 1 unspecified atom stereocenters. The van der Waals surface area contributed by atoms with Crippen molar-refractivity contribution in [3.63, 3.8) is 0 Å². The molecule has 0 bridgehead atoms. The summed E-state index contributed by atoms with van der Waals surface area (Å²) in [5, 5.41) is 0. The third-order valence-electron chi connectivity index (χ3n) is 2.32. The predicted molar refractivity (Wildman–Crippen MR) is 71.8 cm³/mol. The van der Waals surface area contributed by atoms with Gasteiger partial charge in [-0.25, -0.2) is 0 Å². The first-order valence-electron chi connectivity index (χ1n) is 5.27. The Hall–Kier alpha value is -1.25. The van der Waals surface area contributed by atoms with Crippen LogP contribution < -0.4 is 5.73 Å². The van der Waals surface area contributed by atoms with Crippen molar-refractivity contribution in [2.45, 2.75) is 4.09 Å². The van der Waals surface area contributed by atoms with Gasteiger partial charge in [0.1, 0.15) is 0 Å². The second kappa shape index (κ2) is 5.89. The first kappa shape index (κ1) is 12.2. The van der Waals surface area contributed by atoms with Gasteiger partial charge in [0, 0.05) is 0 Å². The maximum atomic E-state index is 5.81. The number of hydrogen-bond acceptors (Lipinski definition) is 1. The Bertz CT molecular complexity index is 533. The summed E-state index contributed by atoms with van der Waals surface area (Å²) in [5.41, 5.74) is 8.97. The van der Waals surface area contributed by atoms with Crippen LogP contribution in [0.1, 0.15) is 20.8 Å². The van der Waals surface area contributed by atoms with Crippen molar-refractivity contribution in [2.75, 3.05) is 0 Å². The summed E-state index contributed by atoms with van der Waals surface area (Å²) >= 11 is 1.61. The molecule has 0 aromatic heterocycles. The van der Waals surface area contributed by atoms with Crippen LogP contribution in [0.4, 0.5) is 0 Å². The van der Waals surface area contributed by atoms with Crippen LogP contribution in [0.2, 0.25) is 0 Å². The molecule has 2 aromatic rings. The first-order chi connectivity index (χ1) is 8.25. The topological polar surface area (TPSA) is 26.0 Å². The molecule has 0 aliphatic heterocycles. The minimum atomic E-state index is 0.121. The Morgan fingerprint density at radius 1 is 0.941 bits per heavy atom. The molecule has 2 rings (SSSR count). The molecule has 0 aliphatic carbocycles. The SMILES string of the molecule is NC([TeH])c1ccc(C#Cc2cc[c]cc2)cc1.